The summed E-state index contributed by atoms with van der Waals surface area (Å²) in [6, 6.07) is 5.48. The first-order chi connectivity index (χ1) is 7.04. The molecule has 1 unspecified atom stereocenters. The second kappa shape index (κ2) is 5.28. The predicted octanol–water partition coefficient (Wildman–Crippen LogP) is 2.35. The molecule has 82 valence electrons. The van der Waals surface area contributed by atoms with E-state index in [0.29, 0.717) is 0 Å². The number of aliphatic hydroxyl groups excluding tert-OH is 1. The molecule has 3 nitrogen and oxygen atoms in total. The second-order valence-electron chi connectivity index (χ2n) is 3.30. The van der Waals surface area contributed by atoms with Gasteiger partial charge in [0.15, 0.2) is 0 Å². The highest BCUT2D eigenvalue weighted by atomic mass is 79.9. The quantitative estimate of drug-likeness (QED) is 0.860. The van der Waals surface area contributed by atoms with Crippen LogP contribution >= 0.6 is 15.9 Å². The number of benzene rings is 1. The van der Waals surface area contributed by atoms with Crippen molar-refractivity contribution in [3.8, 4) is 0 Å². The fourth-order valence-corrected chi connectivity index (χ4v) is 1.48. The topological polar surface area (TPSA) is 46.5 Å². The number of hydrogen-bond acceptors (Lipinski definition) is 3. The van der Waals surface area contributed by atoms with Crippen LogP contribution in [0.15, 0.2) is 22.7 Å². The third-order valence-electron chi connectivity index (χ3n) is 2.15. The summed E-state index contributed by atoms with van der Waals surface area (Å²) in [6.45, 7) is 1.93. The molecule has 1 rings (SSSR count). The van der Waals surface area contributed by atoms with E-state index >= 15 is 0 Å². The normalized spacial score (nSPS) is 12.3. The standard InChI is InChI=1S/C11H13BrO3/c1-7-5-8(3-4-9(7)12)10(13)6-11(14)15-2/h3-5,10,13H,6H2,1-2H3. The molecule has 0 bridgehead atoms. The van der Waals surface area contributed by atoms with Gasteiger partial charge in [0, 0.05) is 4.47 Å². The summed E-state index contributed by atoms with van der Waals surface area (Å²) in [5.41, 5.74) is 1.75. The Bertz CT molecular complexity index is 363. The van der Waals surface area contributed by atoms with Crippen LogP contribution in [0.2, 0.25) is 0 Å². The van der Waals surface area contributed by atoms with E-state index in [-0.39, 0.29) is 6.42 Å². The Balaban J connectivity index is 2.78. The summed E-state index contributed by atoms with van der Waals surface area (Å²) in [7, 11) is 1.31. The van der Waals surface area contributed by atoms with E-state index in [1.54, 1.807) is 6.07 Å². The van der Waals surface area contributed by atoms with E-state index in [9.17, 15) is 9.90 Å². The van der Waals surface area contributed by atoms with Gasteiger partial charge in [-0.15, -0.1) is 0 Å². The highest BCUT2D eigenvalue weighted by Gasteiger charge is 2.13. The molecular weight excluding hydrogens is 260 g/mol. The molecule has 1 aromatic rings. The lowest BCUT2D eigenvalue weighted by Crippen LogP contribution is -2.08. The monoisotopic (exact) mass is 272 g/mol. The molecule has 0 aliphatic carbocycles. The lowest BCUT2D eigenvalue weighted by atomic mass is 10.0. The molecule has 0 aliphatic rings. The Kier molecular flexibility index (Phi) is 4.29. The van der Waals surface area contributed by atoms with Crippen LogP contribution in [-0.4, -0.2) is 18.2 Å². The predicted molar refractivity (Wildman–Crippen MR) is 60.5 cm³/mol. The zero-order chi connectivity index (χ0) is 11.4. The van der Waals surface area contributed by atoms with Gasteiger partial charge in [0.2, 0.25) is 0 Å². The van der Waals surface area contributed by atoms with Crippen molar-refractivity contribution < 1.29 is 14.6 Å². The number of methoxy groups -OCH3 is 1. The maximum atomic E-state index is 11.0. The zero-order valence-corrected chi connectivity index (χ0v) is 10.2. The van der Waals surface area contributed by atoms with E-state index in [2.05, 4.69) is 20.7 Å². The van der Waals surface area contributed by atoms with Crippen molar-refractivity contribution in [3.63, 3.8) is 0 Å². The molecule has 15 heavy (non-hydrogen) atoms. The summed E-state index contributed by atoms with van der Waals surface area (Å²) in [5.74, 6) is -0.414. The Morgan fingerprint density at radius 3 is 2.80 bits per heavy atom. The molecule has 0 aromatic heterocycles. The van der Waals surface area contributed by atoms with E-state index in [1.807, 2.05) is 19.1 Å². The first-order valence-electron chi connectivity index (χ1n) is 4.55. The lowest BCUT2D eigenvalue weighted by Gasteiger charge is -2.10. The van der Waals surface area contributed by atoms with Crippen molar-refractivity contribution in [2.24, 2.45) is 0 Å². The van der Waals surface area contributed by atoms with Crippen LogP contribution in [0.1, 0.15) is 23.7 Å². The van der Waals surface area contributed by atoms with Crippen LogP contribution in [0.4, 0.5) is 0 Å². The van der Waals surface area contributed by atoms with Crippen LogP contribution < -0.4 is 0 Å². The van der Waals surface area contributed by atoms with Gasteiger partial charge in [-0.25, -0.2) is 0 Å². The number of carbonyl (C=O) groups is 1. The van der Waals surface area contributed by atoms with Crippen LogP contribution in [0.5, 0.6) is 0 Å². The fraction of sp³-hybridized carbons (Fsp3) is 0.364. The van der Waals surface area contributed by atoms with E-state index in [0.717, 1.165) is 15.6 Å². The average Bonchev–Trinajstić information content (AvgIpc) is 2.21. The van der Waals surface area contributed by atoms with E-state index in [1.165, 1.54) is 7.11 Å². The molecule has 0 heterocycles. The van der Waals surface area contributed by atoms with Gasteiger partial charge in [-0.3, -0.25) is 4.79 Å². The molecule has 0 saturated carbocycles. The van der Waals surface area contributed by atoms with Crippen LogP contribution in [0.25, 0.3) is 0 Å². The van der Waals surface area contributed by atoms with Crippen molar-refractivity contribution in [1.29, 1.82) is 0 Å². The molecule has 1 N–H and O–H groups in total. The third kappa shape index (κ3) is 3.32. The molecule has 1 atom stereocenters. The fourth-order valence-electron chi connectivity index (χ4n) is 1.23. The first kappa shape index (κ1) is 12.2. The third-order valence-corrected chi connectivity index (χ3v) is 3.04. The van der Waals surface area contributed by atoms with Gasteiger partial charge in [-0.2, -0.15) is 0 Å². The molecule has 0 fully saturated rings. The minimum atomic E-state index is -0.802. The minimum Gasteiger partial charge on any atom is -0.469 e. The highest BCUT2D eigenvalue weighted by molar-refractivity contribution is 9.10. The van der Waals surface area contributed by atoms with E-state index in [4.69, 9.17) is 0 Å². The van der Waals surface area contributed by atoms with Gasteiger partial charge in [0.25, 0.3) is 0 Å². The number of carbonyl (C=O) groups excluding carboxylic acids is 1. The van der Waals surface area contributed by atoms with Gasteiger partial charge in [-0.1, -0.05) is 28.1 Å². The highest BCUT2D eigenvalue weighted by Crippen LogP contribution is 2.23. The smallest absolute Gasteiger partial charge is 0.308 e. The summed E-state index contributed by atoms with van der Waals surface area (Å²) >= 11 is 3.37. The van der Waals surface area contributed by atoms with Crippen molar-refractivity contribution in [2.45, 2.75) is 19.4 Å². The number of ether oxygens (including phenoxy) is 1. The molecular formula is C11H13BrO3. The van der Waals surface area contributed by atoms with Crippen LogP contribution in [-0.2, 0) is 9.53 Å². The molecule has 4 heteroatoms. The Hall–Kier alpha value is -0.870. The Morgan fingerprint density at radius 2 is 2.27 bits per heavy atom. The number of halogens is 1. The van der Waals surface area contributed by atoms with Gasteiger partial charge in [0.1, 0.15) is 0 Å². The number of hydrogen-bond donors (Lipinski definition) is 1. The van der Waals surface area contributed by atoms with Gasteiger partial charge in [-0.05, 0) is 24.1 Å². The lowest BCUT2D eigenvalue weighted by molar-refractivity contribution is -0.142. The number of aliphatic hydroxyl groups is 1. The van der Waals surface area contributed by atoms with Crippen molar-refractivity contribution in [1.82, 2.24) is 0 Å². The summed E-state index contributed by atoms with van der Waals surface area (Å²) < 4.78 is 5.47. The minimum absolute atomic E-state index is 0.0163. The van der Waals surface area contributed by atoms with Crippen molar-refractivity contribution in [3.05, 3.63) is 33.8 Å². The zero-order valence-electron chi connectivity index (χ0n) is 8.66. The van der Waals surface area contributed by atoms with Crippen LogP contribution in [0.3, 0.4) is 0 Å². The van der Waals surface area contributed by atoms with Crippen molar-refractivity contribution in [2.75, 3.05) is 7.11 Å². The number of aryl methyl sites for hydroxylation is 1. The molecule has 0 radical (unpaired) electrons. The summed E-state index contributed by atoms with van der Waals surface area (Å²) in [4.78, 5) is 11.0. The Morgan fingerprint density at radius 1 is 1.60 bits per heavy atom. The largest absolute Gasteiger partial charge is 0.469 e. The maximum Gasteiger partial charge on any atom is 0.308 e. The molecule has 0 saturated heterocycles. The SMILES string of the molecule is COC(=O)CC(O)c1ccc(Br)c(C)c1. The van der Waals surface area contributed by atoms with E-state index < -0.39 is 12.1 Å². The number of rotatable bonds is 3. The van der Waals surface area contributed by atoms with Crippen molar-refractivity contribution >= 4 is 21.9 Å². The number of esters is 1. The van der Waals surface area contributed by atoms with Gasteiger partial charge >= 0.3 is 5.97 Å². The maximum absolute atomic E-state index is 11.0. The van der Waals surface area contributed by atoms with Gasteiger partial charge < -0.3 is 9.84 Å². The molecule has 0 aliphatic heterocycles. The second-order valence-corrected chi connectivity index (χ2v) is 4.16. The molecule has 1 aromatic carbocycles. The van der Waals surface area contributed by atoms with Crippen LogP contribution in [0, 0.1) is 6.92 Å². The van der Waals surface area contributed by atoms with Gasteiger partial charge in [0.05, 0.1) is 19.6 Å². The summed E-state index contributed by atoms with van der Waals surface area (Å²) in [5, 5.41) is 9.72. The first-order valence-corrected chi connectivity index (χ1v) is 5.35. The molecule has 0 amide bonds. The Labute approximate surface area is 97.2 Å². The summed E-state index contributed by atoms with van der Waals surface area (Å²) in [6.07, 6.45) is -0.818. The molecule has 0 spiro atoms. The average molecular weight is 273 g/mol.